The van der Waals surface area contributed by atoms with Gasteiger partial charge in [0, 0.05) is 23.0 Å². The number of hydrogen-bond acceptors (Lipinski definition) is 5. The molecule has 7 nitrogen and oxygen atoms in total. The van der Waals surface area contributed by atoms with Gasteiger partial charge in [-0.15, -0.1) is 0 Å². The fraction of sp³-hybridized carbons (Fsp3) is 0.423. The van der Waals surface area contributed by atoms with Gasteiger partial charge in [0.2, 0.25) is 0 Å². The minimum atomic E-state index is -4.99. The Labute approximate surface area is 234 Å². The quantitative estimate of drug-likeness (QED) is 0.397. The molecule has 0 spiro atoms. The van der Waals surface area contributed by atoms with E-state index in [1.807, 2.05) is 0 Å². The highest BCUT2D eigenvalue weighted by atomic mass is 35.5. The second-order valence-corrected chi connectivity index (χ2v) is 11.3. The van der Waals surface area contributed by atoms with Gasteiger partial charge in [-0.25, -0.2) is 13.2 Å². The van der Waals surface area contributed by atoms with Crippen LogP contribution in [0.1, 0.15) is 25.7 Å². The van der Waals surface area contributed by atoms with Gasteiger partial charge < -0.3 is 14.8 Å². The van der Waals surface area contributed by atoms with Crippen molar-refractivity contribution in [1.29, 1.82) is 0 Å². The normalized spacial score (nSPS) is 24.8. The number of ketones is 1. The Morgan fingerprint density at radius 1 is 1.12 bits per heavy atom. The zero-order valence-electron chi connectivity index (χ0n) is 20.5. The summed E-state index contributed by atoms with van der Waals surface area (Å²) in [7, 11) is 0. The highest BCUT2D eigenvalue weighted by molar-refractivity contribution is 6.31. The molecule has 0 saturated heterocycles. The Hall–Kier alpha value is -3.12. The van der Waals surface area contributed by atoms with Gasteiger partial charge in [0.05, 0.1) is 17.3 Å². The summed E-state index contributed by atoms with van der Waals surface area (Å²) in [5.41, 5.74) is -1.23. The highest BCUT2D eigenvalue weighted by Gasteiger charge is 2.69. The third-order valence-electron chi connectivity index (χ3n) is 7.32. The third-order valence-corrected chi connectivity index (χ3v) is 7.86. The van der Waals surface area contributed by atoms with Crippen LogP contribution >= 0.6 is 23.2 Å². The molecule has 40 heavy (non-hydrogen) atoms. The number of carbonyl (C=O) groups excluding carboxylic acids is 3. The van der Waals surface area contributed by atoms with E-state index in [2.05, 4.69) is 5.32 Å². The molecule has 6 rings (SSSR count). The van der Waals surface area contributed by atoms with Crippen LogP contribution in [-0.4, -0.2) is 54.7 Å². The number of halogens is 7. The standard InChI is InChI=1S/C26H21Cl2F5N2O5/c27-13-1-4-19-18(5-13)35(23(38)26(32,33)22(30)31)8-20(40-19)21(37)34-25-10-24(11-25,12-25)7-14(36)9-39-15-2-3-16(28)17(29)6-15/h1-6,20,22H,7-12H2,(H,34,37). The molecule has 1 heterocycles. The van der Waals surface area contributed by atoms with E-state index in [4.69, 9.17) is 32.7 Å². The molecule has 2 bridgehead atoms. The molecule has 1 aliphatic heterocycles. The number of anilines is 1. The summed E-state index contributed by atoms with van der Waals surface area (Å²) in [6.07, 6.45) is -4.12. The van der Waals surface area contributed by atoms with Crippen molar-refractivity contribution in [2.45, 2.75) is 49.7 Å². The van der Waals surface area contributed by atoms with Crippen LogP contribution in [0.4, 0.5) is 27.6 Å². The molecule has 3 aliphatic carbocycles. The molecule has 214 valence electrons. The van der Waals surface area contributed by atoms with Crippen LogP contribution in [0.25, 0.3) is 0 Å². The van der Waals surface area contributed by atoms with E-state index in [0.29, 0.717) is 24.2 Å². The Morgan fingerprint density at radius 3 is 2.48 bits per heavy atom. The number of rotatable bonds is 9. The predicted octanol–water partition coefficient (Wildman–Crippen LogP) is 5.20. The number of carbonyl (C=O) groups is 3. The number of ether oxygens (including phenoxy) is 2. The number of fused-ring (bicyclic) bond motifs is 1. The van der Waals surface area contributed by atoms with Gasteiger partial charge in [-0.1, -0.05) is 23.2 Å². The van der Waals surface area contributed by atoms with Crippen molar-refractivity contribution in [2.75, 3.05) is 18.1 Å². The molecule has 3 fully saturated rings. The van der Waals surface area contributed by atoms with Crippen molar-refractivity contribution < 1.29 is 45.8 Å². The van der Waals surface area contributed by atoms with E-state index in [1.54, 1.807) is 0 Å². The SMILES string of the molecule is O=C(COc1ccc(Cl)c(F)c1)CC12CC(NC(=O)C3CN(C(=O)C(F)(F)C(F)F)c4cc(Cl)ccc4O3)(C1)C2. The van der Waals surface area contributed by atoms with E-state index in [0.717, 1.165) is 12.1 Å². The number of nitrogens with zero attached hydrogens (tertiary/aromatic N) is 1. The molecule has 1 atom stereocenters. The molecule has 1 N–H and O–H groups in total. The summed E-state index contributed by atoms with van der Waals surface area (Å²) in [6, 6.07) is 7.52. The van der Waals surface area contributed by atoms with Crippen LogP contribution in [0.3, 0.4) is 0 Å². The first-order valence-corrected chi connectivity index (χ1v) is 12.8. The lowest BCUT2D eigenvalue weighted by Gasteiger charge is -2.70. The van der Waals surface area contributed by atoms with Gasteiger partial charge in [0.1, 0.15) is 23.9 Å². The van der Waals surface area contributed by atoms with E-state index in [1.165, 1.54) is 24.3 Å². The summed E-state index contributed by atoms with van der Waals surface area (Å²) >= 11 is 11.5. The lowest BCUT2D eigenvalue weighted by molar-refractivity contribution is -0.175. The number of alkyl halides is 4. The van der Waals surface area contributed by atoms with Crippen molar-refractivity contribution in [1.82, 2.24) is 5.32 Å². The van der Waals surface area contributed by atoms with Crippen LogP contribution in [-0.2, 0) is 14.4 Å². The average Bonchev–Trinajstić information content (AvgIpc) is 2.86. The number of hydrogen-bond donors (Lipinski definition) is 1. The number of benzene rings is 2. The monoisotopic (exact) mass is 606 g/mol. The van der Waals surface area contributed by atoms with Gasteiger partial charge in [0.25, 0.3) is 5.91 Å². The lowest BCUT2D eigenvalue weighted by atomic mass is 9.38. The first-order valence-electron chi connectivity index (χ1n) is 12.1. The van der Waals surface area contributed by atoms with Crippen LogP contribution in [0.2, 0.25) is 10.0 Å². The topological polar surface area (TPSA) is 84.9 Å². The highest BCUT2D eigenvalue weighted by Crippen LogP contribution is 2.69. The van der Waals surface area contributed by atoms with Crippen LogP contribution in [0.5, 0.6) is 11.5 Å². The smallest absolute Gasteiger partial charge is 0.384 e. The van der Waals surface area contributed by atoms with Crippen LogP contribution in [0, 0.1) is 11.2 Å². The zero-order chi connectivity index (χ0) is 29.0. The number of amides is 2. The van der Waals surface area contributed by atoms with E-state index in [-0.39, 0.29) is 51.5 Å². The van der Waals surface area contributed by atoms with E-state index in [9.17, 15) is 36.3 Å². The van der Waals surface area contributed by atoms with Crippen LogP contribution < -0.4 is 19.7 Å². The third kappa shape index (κ3) is 5.18. The van der Waals surface area contributed by atoms with E-state index < -0.39 is 48.2 Å². The lowest BCUT2D eigenvalue weighted by Crippen LogP contribution is -2.76. The maximum absolute atomic E-state index is 13.9. The van der Waals surface area contributed by atoms with Crippen LogP contribution in [0.15, 0.2) is 36.4 Å². The molecule has 2 aromatic carbocycles. The second kappa shape index (κ2) is 10.1. The van der Waals surface area contributed by atoms with Gasteiger partial charge in [-0.2, -0.15) is 8.78 Å². The largest absolute Gasteiger partial charge is 0.486 e. The first-order chi connectivity index (χ1) is 18.7. The summed E-state index contributed by atoms with van der Waals surface area (Å²) in [5.74, 6) is -8.76. The van der Waals surface area contributed by atoms with Gasteiger partial charge in [-0.05, 0) is 55.0 Å². The molecule has 0 radical (unpaired) electrons. The fourth-order valence-electron chi connectivity index (χ4n) is 5.72. The molecular formula is C26H21Cl2F5N2O5. The van der Waals surface area contributed by atoms with Gasteiger partial charge in [0.15, 0.2) is 11.9 Å². The Bertz CT molecular complexity index is 1370. The molecular weight excluding hydrogens is 586 g/mol. The van der Waals surface area contributed by atoms with Crippen molar-refractivity contribution in [3.8, 4) is 11.5 Å². The van der Waals surface area contributed by atoms with Crippen molar-refractivity contribution >= 4 is 46.5 Å². The fourth-order valence-corrected chi connectivity index (χ4v) is 6.00. The summed E-state index contributed by atoms with van der Waals surface area (Å²) in [6.45, 7) is -1.00. The summed E-state index contributed by atoms with van der Waals surface area (Å²) < 4.78 is 78.2. The molecule has 1 unspecified atom stereocenters. The molecule has 3 saturated carbocycles. The summed E-state index contributed by atoms with van der Waals surface area (Å²) in [5, 5.41) is 2.77. The second-order valence-electron chi connectivity index (χ2n) is 10.4. The molecule has 2 aromatic rings. The Balaban J connectivity index is 1.18. The van der Waals surface area contributed by atoms with Gasteiger partial charge in [-0.3, -0.25) is 19.3 Å². The van der Waals surface area contributed by atoms with Crippen molar-refractivity contribution in [3.63, 3.8) is 0 Å². The van der Waals surface area contributed by atoms with Gasteiger partial charge >= 0.3 is 18.3 Å². The average molecular weight is 607 g/mol. The van der Waals surface area contributed by atoms with Crippen molar-refractivity contribution in [2.24, 2.45) is 5.41 Å². The molecule has 4 aliphatic rings. The maximum atomic E-state index is 13.9. The van der Waals surface area contributed by atoms with E-state index >= 15 is 0 Å². The maximum Gasteiger partial charge on any atom is 0.384 e. The first kappa shape index (κ1) is 28.4. The Morgan fingerprint density at radius 2 is 1.82 bits per heavy atom. The number of nitrogens with one attached hydrogen (secondary N) is 1. The molecule has 0 aromatic heterocycles. The number of Topliss-reactive ketones (excluding diaryl/α,β-unsaturated/α-hetero) is 1. The zero-order valence-corrected chi connectivity index (χ0v) is 22.0. The van der Waals surface area contributed by atoms with Crippen molar-refractivity contribution in [3.05, 3.63) is 52.3 Å². The summed E-state index contributed by atoms with van der Waals surface area (Å²) in [4.78, 5) is 38.2. The Kier molecular flexibility index (Phi) is 7.14. The molecule has 2 amide bonds. The minimum absolute atomic E-state index is 0.0443. The predicted molar refractivity (Wildman–Crippen MR) is 133 cm³/mol. The minimum Gasteiger partial charge on any atom is -0.486 e. The molecule has 14 heteroatoms.